The van der Waals surface area contributed by atoms with Gasteiger partial charge in [0.15, 0.2) is 0 Å². The van der Waals surface area contributed by atoms with Gasteiger partial charge in [0.2, 0.25) is 5.82 Å². The summed E-state index contributed by atoms with van der Waals surface area (Å²) in [5.74, 6) is -2.48. The Bertz CT molecular complexity index is 1920. The Labute approximate surface area is 269 Å². The third-order valence-electron chi connectivity index (χ3n) is 6.91. The van der Waals surface area contributed by atoms with Crippen LogP contribution in [-0.2, 0) is 16.0 Å². The van der Waals surface area contributed by atoms with Crippen molar-refractivity contribution in [3.8, 4) is 34.0 Å². The van der Waals surface area contributed by atoms with E-state index in [0.717, 1.165) is 11.1 Å². The molecule has 0 saturated heterocycles. The van der Waals surface area contributed by atoms with Gasteiger partial charge in [-0.05, 0) is 81.3 Å². The second kappa shape index (κ2) is 13.6. The summed E-state index contributed by atoms with van der Waals surface area (Å²) in [5, 5.41) is 18.8. The van der Waals surface area contributed by atoms with Crippen molar-refractivity contribution in [3.63, 3.8) is 0 Å². The van der Waals surface area contributed by atoms with E-state index < -0.39 is 35.4 Å². The van der Waals surface area contributed by atoms with Gasteiger partial charge in [0, 0.05) is 35.6 Å². The summed E-state index contributed by atoms with van der Waals surface area (Å²) in [4.78, 5) is 45.5. The van der Waals surface area contributed by atoms with Crippen LogP contribution in [-0.4, -0.2) is 49.8 Å². The van der Waals surface area contributed by atoms with Gasteiger partial charge < -0.3 is 19.7 Å². The Balaban J connectivity index is 1.24. The van der Waals surface area contributed by atoms with Crippen molar-refractivity contribution in [1.29, 1.82) is 0 Å². The van der Waals surface area contributed by atoms with Crippen LogP contribution in [0.3, 0.4) is 0 Å². The Morgan fingerprint density at radius 3 is 2.30 bits per heavy atom. The average Bonchev–Trinajstić information content (AvgIpc) is 3.50. The number of aliphatic carboxylic acids is 1. The lowest BCUT2D eigenvalue weighted by atomic mass is 10.0. The summed E-state index contributed by atoms with van der Waals surface area (Å²) in [6.45, 7) is 7.26. The molecule has 0 aliphatic heterocycles. The summed E-state index contributed by atoms with van der Waals surface area (Å²) in [6, 6.07) is 18.7. The fourth-order valence-electron chi connectivity index (χ4n) is 4.58. The van der Waals surface area contributed by atoms with E-state index in [0.29, 0.717) is 22.4 Å². The van der Waals surface area contributed by atoms with E-state index in [9.17, 15) is 19.5 Å². The fourth-order valence-corrected chi connectivity index (χ4v) is 4.58. The van der Waals surface area contributed by atoms with Crippen LogP contribution in [0.4, 0.5) is 14.9 Å². The second-order valence-corrected chi connectivity index (χ2v) is 11.8. The molecule has 0 spiro atoms. The van der Waals surface area contributed by atoms with Crippen LogP contribution in [0.5, 0.6) is 0 Å². The predicted molar refractivity (Wildman–Crippen MR) is 172 cm³/mol. The van der Waals surface area contributed by atoms with Crippen molar-refractivity contribution >= 4 is 23.7 Å². The van der Waals surface area contributed by atoms with E-state index in [1.54, 1.807) is 57.3 Å². The number of hydrogen-bond acceptors (Lipinski definition) is 8. The van der Waals surface area contributed by atoms with Gasteiger partial charge in [0.1, 0.15) is 17.5 Å². The molecule has 2 heterocycles. The molecule has 2 aromatic heterocycles. The molecular weight excluding hydrogens is 605 g/mol. The number of amides is 2. The third kappa shape index (κ3) is 8.42. The Morgan fingerprint density at radius 2 is 1.64 bits per heavy atom. The fraction of sp³-hybridized carbons (Fsp3) is 0.200. The molecule has 0 radical (unpaired) electrons. The summed E-state index contributed by atoms with van der Waals surface area (Å²) in [6.07, 6.45) is 2.21. The summed E-state index contributed by atoms with van der Waals surface area (Å²) >= 11 is 0. The number of carboxylic acids is 1. The number of benzene rings is 3. The topological polar surface area (TPSA) is 157 Å². The van der Waals surface area contributed by atoms with Crippen LogP contribution in [0.2, 0.25) is 0 Å². The number of pyridine rings is 1. The average molecular weight is 638 g/mol. The van der Waals surface area contributed by atoms with Gasteiger partial charge >= 0.3 is 12.1 Å². The minimum Gasteiger partial charge on any atom is -0.480 e. The number of rotatable bonds is 9. The monoisotopic (exact) mass is 637 g/mol. The highest BCUT2D eigenvalue weighted by atomic mass is 19.1. The standard InChI is InChI=1S/C35H32FN5O6/c1-20-5-8-22(9-6-20)24-17-25(19-37-18-24)31(42)39-29(33(43)44)16-21-7-14-27(28(36)15-21)30-40-32(47-41-30)23-10-12-26(13-11-23)38-34(45)46-35(2,3)4/h5-15,17-19,29H,16H2,1-4H3,(H,38,45)(H,39,42)(H,43,44). The second-order valence-electron chi connectivity index (χ2n) is 11.8. The number of anilines is 1. The van der Waals surface area contributed by atoms with Gasteiger partial charge in [0.05, 0.1) is 11.1 Å². The highest BCUT2D eigenvalue weighted by molar-refractivity contribution is 5.97. The smallest absolute Gasteiger partial charge is 0.412 e. The maximum Gasteiger partial charge on any atom is 0.412 e. The molecule has 2 amide bonds. The highest BCUT2D eigenvalue weighted by Gasteiger charge is 2.23. The number of nitrogens with one attached hydrogen (secondary N) is 2. The number of halogens is 1. The zero-order chi connectivity index (χ0) is 33.7. The van der Waals surface area contributed by atoms with Gasteiger partial charge in [-0.2, -0.15) is 4.98 Å². The van der Waals surface area contributed by atoms with Gasteiger partial charge in [0.25, 0.3) is 11.8 Å². The molecule has 47 heavy (non-hydrogen) atoms. The zero-order valence-corrected chi connectivity index (χ0v) is 26.1. The van der Waals surface area contributed by atoms with Crippen LogP contribution < -0.4 is 10.6 Å². The van der Waals surface area contributed by atoms with E-state index >= 15 is 4.39 Å². The lowest BCUT2D eigenvalue weighted by Gasteiger charge is -2.19. The van der Waals surface area contributed by atoms with Crippen molar-refractivity contribution in [3.05, 3.63) is 108 Å². The number of carbonyl (C=O) groups is 3. The van der Waals surface area contributed by atoms with Crippen molar-refractivity contribution in [2.24, 2.45) is 0 Å². The normalized spacial score (nSPS) is 11.9. The summed E-state index contributed by atoms with van der Waals surface area (Å²) < 4.78 is 25.8. The Hall–Kier alpha value is -5.91. The van der Waals surface area contributed by atoms with Crippen molar-refractivity contribution < 1.29 is 33.1 Å². The van der Waals surface area contributed by atoms with E-state index in [4.69, 9.17) is 9.26 Å². The molecule has 5 aromatic rings. The molecule has 0 bridgehead atoms. The first-order valence-corrected chi connectivity index (χ1v) is 14.6. The van der Waals surface area contributed by atoms with Crippen LogP contribution in [0.1, 0.15) is 42.3 Å². The van der Waals surface area contributed by atoms with E-state index in [1.807, 2.05) is 31.2 Å². The molecule has 240 valence electrons. The molecule has 0 aliphatic rings. The first kappa shape index (κ1) is 32.5. The number of hydrogen-bond donors (Lipinski definition) is 3. The number of nitrogens with zero attached hydrogens (tertiary/aromatic N) is 3. The zero-order valence-electron chi connectivity index (χ0n) is 26.1. The van der Waals surface area contributed by atoms with E-state index in [1.165, 1.54) is 24.4 Å². The number of aryl methyl sites for hydroxylation is 1. The summed E-state index contributed by atoms with van der Waals surface area (Å²) in [7, 11) is 0. The van der Waals surface area contributed by atoms with Crippen LogP contribution in [0.25, 0.3) is 34.0 Å². The molecule has 12 heteroatoms. The SMILES string of the molecule is Cc1ccc(-c2cncc(C(=O)NC(Cc3ccc(-c4noc(-c5ccc(NC(=O)OC(C)(C)C)cc5)n4)c(F)c3)C(=O)O)c2)cc1. The van der Waals surface area contributed by atoms with E-state index in [2.05, 4.69) is 25.8 Å². The molecule has 11 nitrogen and oxygen atoms in total. The maximum atomic E-state index is 15.2. The first-order chi connectivity index (χ1) is 22.3. The van der Waals surface area contributed by atoms with Crippen LogP contribution >= 0.6 is 0 Å². The first-order valence-electron chi connectivity index (χ1n) is 14.6. The van der Waals surface area contributed by atoms with Crippen LogP contribution in [0.15, 0.2) is 89.7 Å². The molecule has 0 fully saturated rings. The molecular formula is C35H32FN5O6. The molecule has 0 aliphatic carbocycles. The quantitative estimate of drug-likeness (QED) is 0.160. The van der Waals surface area contributed by atoms with Crippen molar-refractivity contribution in [2.75, 3.05) is 5.32 Å². The highest BCUT2D eigenvalue weighted by Crippen LogP contribution is 2.27. The molecule has 5 rings (SSSR count). The van der Waals surface area contributed by atoms with Crippen molar-refractivity contribution in [1.82, 2.24) is 20.4 Å². The number of ether oxygens (including phenoxy) is 1. The maximum absolute atomic E-state index is 15.2. The lowest BCUT2D eigenvalue weighted by Crippen LogP contribution is -2.42. The summed E-state index contributed by atoms with van der Waals surface area (Å²) in [5.41, 5.74) is 3.62. The third-order valence-corrected chi connectivity index (χ3v) is 6.91. The number of carboxylic acid groups (broad SMARTS) is 1. The van der Waals surface area contributed by atoms with Gasteiger partial charge in [-0.25, -0.2) is 14.0 Å². The van der Waals surface area contributed by atoms with Gasteiger partial charge in [-0.1, -0.05) is 41.1 Å². The molecule has 3 N–H and O–H groups in total. The predicted octanol–water partition coefficient (Wildman–Crippen LogP) is 6.69. The largest absolute Gasteiger partial charge is 0.480 e. The minimum absolute atomic E-state index is 0.0101. The van der Waals surface area contributed by atoms with E-state index in [-0.39, 0.29) is 29.3 Å². The number of aromatic nitrogens is 3. The molecule has 3 aromatic carbocycles. The van der Waals surface area contributed by atoms with Crippen LogP contribution in [0, 0.1) is 12.7 Å². The van der Waals surface area contributed by atoms with Gasteiger partial charge in [-0.3, -0.25) is 15.1 Å². The Morgan fingerprint density at radius 1 is 0.936 bits per heavy atom. The molecule has 1 unspecified atom stereocenters. The van der Waals surface area contributed by atoms with Crippen molar-refractivity contribution in [2.45, 2.75) is 45.8 Å². The lowest BCUT2D eigenvalue weighted by molar-refractivity contribution is -0.139. The van der Waals surface area contributed by atoms with Gasteiger partial charge in [-0.15, -0.1) is 0 Å². The molecule has 1 atom stereocenters. The Kier molecular flexibility index (Phi) is 9.41. The molecule has 0 saturated carbocycles. The minimum atomic E-state index is -1.33. The number of carbonyl (C=O) groups excluding carboxylic acids is 2.